The summed E-state index contributed by atoms with van der Waals surface area (Å²) < 4.78 is 1.79. The zero-order valence-electron chi connectivity index (χ0n) is 12.6. The third kappa shape index (κ3) is 3.43. The van der Waals surface area contributed by atoms with Gasteiger partial charge in [0.05, 0.1) is 17.9 Å². The third-order valence-electron chi connectivity index (χ3n) is 3.70. The van der Waals surface area contributed by atoms with Crippen LogP contribution in [-0.2, 0) is 13.0 Å². The average molecular weight is 304 g/mol. The van der Waals surface area contributed by atoms with Crippen LogP contribution >= 0.6 is 0 Å². The zero-order valence-corrected chi connectivity index (χ0v) is 12.6. The lowest BCUT2D eigenvalue weighted by Gasteiger charge is -2.10. The highest BCUT2D eigenvalue weighted by Crippen LogP contribution is 2.13. The summed E-state index contributed by atoms with van der Waals surface area (Å²) in [4.78, 5) is 28.0. The maximum absolute atomic E-state index is 12.6. The number of aromatic nitrogens is 2. The molecular weight excluding hydrogens is 288 g/mol. The summed E-state index contributed by atoms with van der Waals surface area (Å²) in [5.41, 5.74) is 2.81. The lowest BCUT2D eigenvalue weighted by Crippen LogP contribution is -2.12. The van der Waals surface area contributed by atoms with Crippen molar-refractivity contribution in [2.24, 2.45) is 0 Å². The van der Waals surface area contributed by atoms with E-state index in [1.54, 1.807) is 35.0 Å². The molecule has 0 fully saturated rings. The molecule has 0 aliphatic carbocycles. The molecular formula is C19H16N2O2. The summed E-state index contributed by atoms with van der Waals surface area (Å²) in [6.07, 6.45) is 4.61. The van der Waals surface area contributed by atoms with Crippen LogP contribution in [0.5, 0.6) is 0 Å². The van der Waals surface area contributed by atoms with Crippen molar-refractivity contribution in [3.63, 3.8) is 0 Å². The van der Waals surface area contributed by atoms with Gasteiger partial charge < -0.3 is 4.57 Å². The number of rotatable bonds is 6. The lowest BCUT2D eigenvalue weighted by atomic mass is 10.0. The van der Waals surface area contributed by atoms with E-state index in [0.717, 1.165) is 11.8 Å². The van der Waals surface area contributed by atoms with Crippen LogP contribution in [0.15, 0.2) is 67.0 Å². The first-order chi connectivity index (χ1) is 11.3. The van der Waals surface area contributed by atoms with E-state index >= 15 is 0 Å². The quantitative estimate of drug-likeness (QED) is 0.519. The number of aldehydes is 1. The molecule has 114 valence electrons. The fourth-order valence-electron chi connectivity index (χ4n) is 2.53. The second-order valence-electron chi connectivity index (χ2n) is 5.26. The van der Waals surface area contributed by atoms with E-state index in [-0.39, 0.29) is 5.78 Å². The van der Waals surface area contributed by atoms with Crippen LogP contribution in [-0.4, -0.2) is 21.6 Å². The van der Waals surface area contributed by atoms with Crippen LogP contribution < -0.4 is 0 Å². The van der Waals surface area contributed by atoms with Crippen molar-refractivity contribution in [1.29, 1.82) is 0 Å². The predicted octanol–water partition coefficient (Wildman–Crippen LogP) is 3.17. The number of hydrogen-bond donors (Lipinski definition) is 0. The largest absolute Gasteiger partial charge is 0.339 e. The van der Waals surface area contributed by atoms with E-state index in [9.17, 15) is 9.59 Å². The van der Waals surface area contributed by atoms with Gasteiger partial charge in [-0.2, -0.15) is 0 Å². The Bertz CT molecular complexity index is 822. The van der Waals surface area contributed by atoms with Gasteiger partial charge in [0.15, 0.2) is 12.1 Å². The summed E-state index contributed by atoms with van der Waals surface area (Å²) in [5, 5.41) is 0. The van der Waals surface area contributed by atoms with E-state index in [0.29, 0.717) is 29.9 Å². The molecule has 3 aromatic rings. The Balaban J connectivity index is 1.86. The van der Waals surface area contributed by atoms with Crippen LogP contribution in [0.4, 0.5) is 0 Å². The molecule has 0 atom stereocenters. The highest BCUT2D eigenvalue weighted by atomic mass is 16.1. The third-order valence-corrected chi connectivity index (χ3v) is 3.70. The molecule has 0 N–H and O–H groups in total. The molecule has 3 rings (SSSR count). The Kier molecular flexibility index (Phi) is 4.43. The number of carbonyl (C=O) groups is 2. The van der Waals surface area contributed by atoms with E-state index in [4.69, 9.17) is 0 Å². The smallest absolute Gasteiger partial charge is 0.169 e. The minimum Gasteiger partial charge on any atom is -0.339 e. The molecule has 2 heterocycles. The van der Waals surface area contributed by atoms with Crippen molar-refractivity contribution < 1.29 is 9.59 Å². The standard InChI is InChI=1S/C19H16N2O2/c22-14-16-8-5-11-21(16)13-18-17(9-4-10-20-18)19(23)12-15-6-2-1-3-7-15/h1-11,14H,12-13H2. The number of ketones is 1. The van der Waals surface area contributed by atoms with Gasteiger partial charge in [-0.3, -0.25) is 14.6 Å². The molecule has 0 amide bonds. The van der Waals surface area contributed by atoms with Crippen LogP contribution in [0.2, 0.25) is 0 Å². The molecule has 0 spiro atoms. The second kappa shape index (κ2) is 6.83. The molecule has 4 nitrogen and oxygen atoms in total. The summed E-state index contributed by atoms with van der Waals surface area (Å²) in [7, 11) is 0. The van der Waals surface area contributed by atoms with Crippen LogP contribution in [0, 0.1) is 0 Å². The van der Waals surface area contributed by atoms with Gasteiger partial charge in [-0.15, -0.1) is 0 Å². The SMILES string of the molecule is O=Cc1cccn1Cc1ncccc1C(=O)Cc1ccccc1. The molecule has 0 unspecified atom stereocenters. The Hall–Kier alpha value is -3.01. The van der Waals surface area contributed by atoms with E-state index in [1.807, 2.05) is 36.5 Å². The topological polar surface area (TPSA) is 52.0 Å². The first-order valence-corrected chi connectivity index (χ1v) is 7.39. The first kappa shape index (κ1) is 14.9. The Labute approximate surface area is 134 Å². The molecule has 2 aromatic heterocycles. The van der Waals surface area contributed by atoms with Crippen molar-refractivity contribution in [2.75, 3.05) is 0 Å². The molecule has 0 aliphatic heterocycles. The highest BCUT2D eigenvalue weighted by Gasteiger charge is 2.14. The van der Waals surface area contributed by atoms with Crippen molar-refractivity contribution in [2.45, 2.75) is 13.0 Å². The van der Waals surface area contributed by atoms with Crippen LogP contribution in [0.25, 0.3) is 0 Å². The summed E-state index contributed by atoms with van der Waals surface area (Å²) in [6.45, 7) is 0.401. The van der Waals surface area contributed by atoms with Gasteiger partial charge in [0.25, 0.3) is 0 Å². The molecule has 0 saturated carbocycles. The number of hydrogen-bond acceptors (Lipinski definition) is 3. The van der Waals surface area contributed by atoms with E-state index in [2.05, 4.69) is 4.98 Å². The molecule has 4 heteroatoms. The van der Waals surface area contributed by atoms with Crippen molar-refractivity contribution in [3.05, 3.63) is 89.5 Å². The highest BCUT2D eigenvalue weighted by molar-refractivity contribution is 5.98. The maximum atomic E-state index is 12.6. The van der Waals surface area contributed by atoms with Gasteiger partial charge in [0.2, 0.25) is 0 Å². The van der Waals surface area contributed by atoms with E-state index < -0.39 is 0 Å². The van der Waals surface area contributed by atoms with Gasteiger partial charge >= 0.3 is 0 Å². The van der Waals surface area contributed by atoms with Crippen molar-refractivity contribution in [1.82, 2.24) is 9.55 Å². The number of benzene rings is 1. The number of carbonyl (C=O) groups excluding carboxylic acids is 2. The van der Waals surface area contributed by atoms with Gasteiger partial charge in [-0.05, 0) is 29.8 Å². The zero-order chi connectivity index (χ0) is 16.1. The van der Waals surface area contributed by atoms with Gasteiger partial charge in [0.1, 0.15) is 0 Å². The lowest BCUT2D eigenvalue weighted by molar-refractivity contribution is 0.0991. The summed E-state index contributed by atoms with van der Waals surface area (Å²) in [5.74, 6) is 0.0270. The Morgan fingerprint density at radius 3 is 2.65 bits per heavy atom. The average Bonchev–Trinajstić information content (AvgIpc) is 3.03. The fourth-order valence-corrected chi connectivity index (χ4v) is 2.53. The van der Waals surface area contributed by atoms with Crippen molar-refractivity contribution >= 4 is 12.1 Å². The van der Waals surface area contributed by atoms with Crippen molar-refractivity contribution in [3.8, 4) is 0 Å². The number of Topliss-reactive ketones (excluding diaryl/α,β-unsaturated/α-hetero) is 1. The second-order valence-corrected chi connectivity index (χ2v) is 5.26. The van der Waals surface area contributed by atoms with Crippen LogP contribution in [0.1, 0.15) is 32.1 Å². The molecule has 0 saturated heterocycles. The molecule has 0 aliphatic rings. The Morgan fingerprint density at radius 1 is 1.04 bits per heavy atom. The summed E-state index contributed by atoms with van der Waals surface area (Å²) in [6, 6.07) is 16.7. The molecule has 0 bridgehead atoms. The van der Waals surface area contributed by atoms with E-state index in [1.165, 1.54) is 0 Å². The number of pyridine rings is 1. The van der Waals surface area contributed by atoms with Gasteiger partial charge in [-0.1, -0.05) is 30.3 Å². The van der Waals surface area contributed by atoms with Crippen LogP contribution in [0.3, 0.4) is 0 Å². The number of nitrogens with zero attached hydrogens (tertiary/aromatic N) is 2. The molecule has 1 aromatic carbocycles. The molecule has 23 heavy (non-hydrogen) atoms. The van der Waals surface area contributed by atoms with Gasteiger partial charge in [-0.25, -0.2) is 0 Å². The first-order valence-electron chi connectivity index (χ1n) is 7.39. The normalized spacial score (nSPS) is 10.4. The fraction of sp³-hybridized carbons (Fsp3) is 0.105. The minimum atomic E-state index is 0.0270. The predicted molar refractivity (Wildman–Crippen MR) is 87.6 cm³/mol. The van der Waals surface area contributed by atoms with Gasteiger partial charge in [0, 0.05) is 24.4 Å². The Morgan fingerprint density at radius 2 is 1.87 bits per heavy atom. The summed E-state index contributed by atoms with van der Waals surface area (Å²) >= 11 is 0. The maximum Gasteiger partial charge on any atom is 0.169 e. The minimum absolute atomic E-state index is 0.0270. The molecule has 0 radical (unpaired) electrons. The monoisotopic (exact) mass is 304 g/mol.